The van der Waals surface area contributed by atoms with E-state index in [2.05, 4.69) is 29.0 Å². The first-order chi connectivity index (χ1) is 13.0. The minimum atomic E-state index is -0.311. The number of aromatic nitrogens is 3. The number of amides is 1. The van der Waals surface area contributed by atoms with Gasteiger partial charge >= 0.3 is 0 Å². The van der Waals surface area contributed by atoms with E-state index in [0.717, 1.165) is 31.4 Å². The third-order valence-electron chi connectivity index (χ3n) is 4.93. The molecule has 0 radical (unpaired) electrons. The number of rotatable bonds is 4. The number of carbonyl (C=O) groups is 1. The fourth-order valence-electron chi connectivity index (χ4n) is 3.69. The van der Waals surface area contributed by atoms with Gasteiger partial charge in [0.05, 0.1) is 22.8 Å². The molecule has 2 aromatic heterocycles. The van der Waals surface area contributed by atoms with Gasteiger partial charge in [0, 0.05) is 12.6 Å². The summed E-state index contributed by atoms with van der Waals surface area (Å²) in [6, 6.07) is 6.02. The van der Waals surface area contributed by atoms with Crippen LogP contribution < -0.4 is 0 Å². The molecule has 1 saturated heterocycles. The summed E-state index contributed by atoms with van der Waals surface area (Å²) in [6.45, 7) is 4.83. The van der Waals surface area contributed by atoms with Crippen LogP contribution in [0.25, 0.3) is 11.0 Å². The Morgan fingerprint density at radius 1 is 1.37 bits per heavy atom. The first-order valence-electron chi connectivity index (χ1n) is 9.43. The van der Waals surface area contributed by atoms with E-state index in [-0.39, 0.29) is 23.5 Å². The monoisotopic (exact) mass is 370 g/mol. The second kappa shape index (κ2) is 7.13. The number of likely N-dealkylation sites (tertiary alicyclic amines) is 1. The molecule has 6 nitrogen and oxygen atoms in total. The molecule has 1 atom stereocenters. The Labute approximate surface area is 156 Å². The fourth-order valence-corrected chi connectivity index (χ4v) is 3.69. The van der Waals surface area contributed by atoms with Crippen molar-refractivity contribution in [3.05, 3.63) is 47.4 Å². The van der Waals surface area contributed by atoms with E-state index in [1.807, 2.05) is 0 Å². The lowest BCUT2D eigenvalue weighted by atomic mass is 10.0. The molecule has 7 heteroatoms. The number of hydrogen-bond acceptors (Lipinski definition) is 4. The van der Waals surface area contributed by atoms with E-state index < -0.39 is 0 Å². The quantitative estimate of drug-likeness (QED) is 0.745. The SMILES string of the molecule is CC(C)Cc1cc(C(=O)N2CCCC[C@H]2c2nc3ccc(F)cc3[nH]2)on1. The summed E-state index contributed by atoms with van der Waals surface area (Å²) in [5, 5.41) is 4.03. The average Bonchev–Trinajstić information content (AvgIpc) is 3.27. The van der Waals surface area contributed by atoms with Gasteiger partial charge in [-0.2, -0.15) is 0 Å². The molecule has 1 fully saturated rings. The minimum Gasteiger partial charge on any atom is -0.351 e. The number of imidazole rings is 1. The van der Waals surface area contributed by atoms with Crippen LogP contribution in [0.4, 0.5) is 4.39 Å². The Balaban J connectivity index is 1.61. The van der Waals surface area contributed by atoms with E-state index in [4.69, 9.17) is 4.52 Å². The van der Waals surface area contributed by atoms with Gasteiger partial charge in [0.1, 0.15) is 11.6 Å². The predicted octanol–water partition coefficient (Wildman–Crippen LogP) is 4.26. The highest BCUT2D eigenvalue weighted by Crippen LogP contribution is 2.32. The lowest BCUT2D eigenvalue weighted by Gasteiger charge is -2.33. The van der Waals surface area contributed by atoms with Gasteiger partial charge in [-0.05, 0) is 49.8 Å². The Kier molecular flexibility index (Phi) is 4.68. The maximum Gasteiger partial charge on any atom is 0.293 e. The fraction of sp³-hybridized carbons (Fsp3) is 0.450. The topological polar surface area (TPSA) is 75.0 Å². The van der Waals surface area contributed by atoms with Gasteiger partial charge in [-0.3, -0.25) is 4.79 Å². The molecule has 1 aliphatic rings. The lowest BCUT2D eigenvalue weighted by molar-refractivity contribution is 0.0559. The molecule has 0 saturated carbocycles. The number of hydrogen-bond donors (Lipinski definition) is 1. The molecule has 3 aromatic rings. The molecule has 0 bridgehead atoms. The zero-order valence-electron chi connectivity index (χ0n) is 15.5. The molecule has 1 aromatic carbocycles. The van der Waals surface area contributed by atoms with Crippen LogP contribution in [0, 0.1) is 11.7 Å². The smallest absolute Gasteiger partial charge is 0.293 e. The van der Waals surface area contributed by atoms with Gasteiger partial charge in [-0.25, -0.2) is 9.37 Å². The van der Waals surface area contributed by atoms with Crippen molar-refractivity contribution in [3.8, 4) is 0 Å². The summed E-state index contributed by atoms with van der Waals surface area (Å²) in [6.07, 6.45) is 3.52. The van der Waals surface area contributed by atoms with Gasteiger partial charge in [-0.15, -0.1) is 0 Å². The van der Waals surface area contributed by atoms with Crippen LogP contribution in [0.2, 0.25) is 0 Å². The Morgan fingerprint density at radius 3 is 3.04 bits per heavy atom. The van der Waals surface area contributed by atoms with Crippen molar-refractivity contribution >= 4 is 16.9 Å². The number of carbonyl (C=O) groups excluding carboxylic acids is 1. The Morgan fingerprint density at radius 2 is 2.22 bits per heavy atom. The van der Waals surface area contributed by atoms with Crippen molar-refractivity contribution in [1.29, 1.82) is 0 Å². The predicted molar refractivity (Wildman–Crippen MR) is 98.7 cm³/mol. The summed E-state index contributed by atoms with van der Waals surface area (Å²) < 4.78 is 18.8. The maximum atomic E-state index is 13.5. The third kappa shape index (κ3) is 3.59. The Hall–Kier alpha value is -2.70. The van der Waals surface area contributed by atoms with E-state index in [0.29, 0.717) is 29.3 Å². The highest BCUT2D eigenvalue weighted by Gasteiger charge is 2.32. The van der Waals surface area contributed by atoms with Crippen LogP contribution in [-0.4, -0.2) is 32.5 Å². The maximum absolute atomic E-state index is 13.5. The van der Waals surface area contributed by atoms with Gasteiger partial charge in [0.2, 0.25) is 5.76 Å². The molecule has 3 heterocycles. The molecule has 1 aliphatic heterocycles. The van der Waals surface area contributed by atoms with Crippen LogP contribution in [0.3, 0.4) is 0 Å². The minimum absolute atomic E-state index is 0.172. The van der Waals surface area contributed by atoms with Crippen molar-refractivity contribution < 1.29 is 13.7 Å². The van der Waals surface area contributed by atoms with Crippen molar-refractivity contribution in [1.82, 2.24) is 20.0 Å². The third-order valence-corrected chi connectivity index (χ3v) is 4.93. The van der Waals surface area contributed by atoms with Gasteiger partial charge in [0.25, 0.3) is 5.91 Å². The first-order valence-corrected chi connectivity index (χ1v) is 9.43. The summed E-state index contributed by atoms with van der Waals surface area (Å²) in [4.78, 5) is 22.6. The highest BCUT2D eigenvalue weighted by molar-refractivity contribution is 5.92. The van der Waals surface area contributed by atoms with E-state index >= 15 is 0 Å². The molecule has 27 heavy (non-hydrogen) atoms. The van der Waals surface area contributed by atoms with Crippen LogP contribution in [0.5, 0.6) is 0 Å². The second-order valence-electron chi connectivity index (χ2n) is 7.57. The number of nitrogens with one attached hydrogen (secondary N) is 1. The number of benzene rings is 1. The van der Waals surface area contributed by atoms with Crippen LogP contribution >= 0.6 is 0 Å². The van der Waals surface area contributed by atoms with E-state index in [1.165, 1.54) is 12.1 Å². The van der Waals surface area contributed by atoms with Crippen LogP contribution in [0.1, 0.15) is 61.2 Å². The molecule has 1 N–H and O–H groups in total. The molecule has 1 amide bonds. The number of piperidine rings is 1. The molecule has 142 valence electrons. The highest BCUT2D eigenvalue weighted by atomic mass is 19.1. The van der Waals surface area contributed by atoms with E-state index in [9.17, 15) is 9.18 Å². The van der Waals surface area contributed by atoms with Crippen LogP contribution in [0.15, 0.2) is 28.8 Å². The van der Waals surface area contributed by atoms with E-state index in [1.54, 1.807) is 17.0 Å². The Bertz CT molecular complexity index is 962. The van der Waals surface area contributed by atoms with Gasteiger partial charge in [0.15, 0.2) is 0 Å². The standard InChI is InChI=1S/C20H23FN4O2/c1-12(2)9-14-11-18(27-24-14)20(26)25-8-4-3-5-17(25)19-22-15-7-6-13(21)10-16(15)23-19/h6-7,10-12,17H,3-5,8-9H2,1-2H3,(H,22,23)/t17-/m0/s1. The first kappa shape index (κ1) is 17.7. The average molecular weight is 370 g/mol. The zero-order valence-corrected chi connectivity index (χ0v) is 15.5. The number of fused-ring (bicyclic) bond motifs is 1. The summed E-state index contributed by atoms with van der Waals surface area (Å²) in [5.41, 5.74) is 2.13. The van der Waals surface area contributed by atoms with Gasteiger partial charge < -0.3 is 14.4 Å². The van der Waals surface area contributed by atoms with Crippen molar-refractivity contribution in [2.75, 3.05) is 6.54 Å². The summed E-state index contributed by atoms with van der Waals surface area (Å²) >= 11 is 0. The van der Waals surface area contributed by atoms with Crippen molar-refractivity contribution in [2.45, 2.75) is 45.6 Å². The molecule has 0 unspecified atom stereocenters. The lowest BCUT2D eigenvalue weighted by Crippen LogP contribution is -2.38. The number of halogens is 1. The molecular formula is C20H23FN4O2. The second-order valence-corrected chi connectivity index (χ2v) is 7.57. The molecule has 4 rings (SSSR count). The van der Waals surface area contributed by atoms with Crippen LogP contribution in [-0.2, 0) is 6.42 Å². The largest absolute Gasteiger partial charge is 0.351 e. The zero-order chi connectivity index (χ0) is 19.0. The number of nitrogens with zero attached hydrogens (tertiary/aromatic N) is 3. The van der Waals surface area contributed by atoms with Crippen molar-refractivity contribution in [2.24, 2.45) is 5.92 Å². The molecule has 0 aliphatic carbocycles. The summed E-state index contributed by atoms with van der Waals surface area (Å²) in [7, 11) is 0. The van der Waals surface area contributed by atoms with Crippen molar-refractivity contribution in [3.63, 3.8) is 0 Å². The molecular weight excluding hydrogens is 347 g/mol. The summed E-state index contributed by atoms with van der Waals surface area (Å²) in [5.74, 6) is 0.907. The molecule has 0 spiro atoms. The van der Waals surface area contributed by atoms with Gasteiger partial charge in [-0.1, -0.05) is 19.0 Å². The number of aromatic amines is 1. The number of H-pyrrole nitrogens is 1. The normalized spacial score (nSPS) is 17.8.